The van der Waals surface area contributed by atoms with Crippen molar-refractivity contribution in [1.29, 1.82) is 0 Å². The van der Waals surface area contributed by atoms with Crippen molar-refractivity contribution >= 4 is 17.4 Å². The van der Waals surface area contributed by atoms with Crippen molar-refractivity contribution < 1.29 is 19.5 Å². The van der Waals surface area contributed by atoms with Gasteiger partial charge in [-0.05, 0) is 49.6 Å². The van der Waals surface area contributed by atoms with E-state index in [2.05, 4.69) is 17.0 Å². The average molecular weight is 304 g/mol. The van der Waals surface area contributed by atoms with E-state index in [9.17, 15) is 9.59 Å². The van der Waals surface area contributed by atoms with Crippen LogP contribution >= 0.6 is 0 Å². The van der Waals surface area contributed by atoms with Crippen LogP contribution in [0.4, 0.5) is 5.69 Å². The van der Waals surface area contributed by atoms with Gasteiger partial charge in [-0.25, -0.2) is 4.79 Å². The minimum absolute atomic E-state index is 0.0824. The van der Waals surface area contributed by atoms with Gasteiger partial charge in [-0.15, -0.1) is 5.11 Å². The molecule has 1 aromatic carbocycles. The molecule has 0 aliphatic rings. The van der Waals surface area contributed by atoms with Gasteiger partial charge in [0.1, 0.15) is 6.61 Å². The third-order valence-corrected chi connectivity index (χ3v) is 2.96. The van der Waals surface area contributed by atoms with Crippen molar-refractivity contribution in [3.63, 3.8) is 0 Å². The number of carboxylic acid groups (broad SMARTS) is 1. The first-order chi connectivity index (χ1) is 10.6. The normalized spacial score (nSPS) is 10.5. The van der Waals surface area contributed by atoms with Crippen LogP contribution in [0.3, 0.4) is 0 Å². The van der Waals surface area contributed by atoms with Crippen molar-refractivity contribution in [1.82, 2.24) is 0 Å². The number of hydrogen-bond donors (Lipinski definition) is 1. The number of aromatic carboxylic acids is 1. The van der Waals surface area contributed by atoms with Gasteiger partial charge in [-0.3, -0.25) is 4.79 Å². The van der Waals surface area contributed by atoms with E-state index in [-0.39, 0.29) is 11.3 Å². The number of ketones is 1. The van der Waals surface area contributed by atoms with Gasteiger partial charge in [-0.2, -0.15) is 0 Å². The van der Waals surface area contributed by atoms with E-state index >= 15 is 0 Å². The second-order valence-corrected chi connectivity index (χ2v) is 4.70. The van der Waals surface area contributed by atoms with Crippen LogP contribution in [0.15, 0.2) is 47.3 Å². The Balaban J connectivity index is 2.10. The summed E-state index contributed by atoms with van der Waals surface area (Å²) >= 11 is 0. The van der Waals surface area contributed by atoms with Gasteiger partial charge in [0.2, 0.25) is 0 Å². The highest BCUT2D eigenvalue weighted by Gasteiger charge is 2.00. The third kappa shape index (κ3) is 7.33. The molecule has 0 aromatic heterocycles. The predicted molar refractivity (Wildman–Crippen MR) is 82.2 cm³/mol. The van der Waals surface area contributed by atoms with E-state index < -0.39 is 5.97 Å². The summed E-state index contributed by atoms with van der Waals surface area (Å²) in [6.07, 6.45) is 5.55. The number of rotatable bonds is 11. The number of benzene rings is 1. The highest BCUT2D eigenvalue weighted by atomic mass is 16.6. The summed E-state index contributed by atoms with van der Waals surface area (Å²) in [5.41, 5.74) is 0.739. The van der Waals surface area contributed by atoms with Gasteiger partial charge in [0.25, 0.3) is 0 Å². The molecule has 0 aliphatic carbocycles. The highest BCUT2D eigenvalue weighted by Crippen LogP contribution is 2.13. The highest BCUT2D eigenvalue weighted by molar-refractivity contribution is 5.89. The van der Waals surface area contributed by atoms with Gasteiger partial charge in [0.15, 0.2) is 5.78 Å². The maximum atomic E-state index is 11.0. The van der Waals surface area contributed by atoms with Crippen LogP contribution in [-0.4, -0.2) is 23.5 Å². The van der Waals surface area contributed by atoms with E-state index in [1.165, 1.54) is 18.2 Å². The molecule has 0 radical (unpaired) electrons. The predicted octanol–water partition coefficient (Wildman–Crippen LogP) is 4.11. The Morgan fingerprint density at radius 2 is 1.82 bits per heavy atom. The number of carbonyl (C=O) groups excluding carboxylic acids is 1. The first-order valence-electron chi connectivity index (χ1n) is 7.15. The lowest BCUT2D eigenvalue weighted by Crippen LogP contribution is -1.94. The zero-order valence-corrected chi connectivity index (χ0v) is 12.4. The van der Waals surface area contributed by atoms with Crippen molar-refractivity contribution in [2.24, 2.45) is 10.4 Å². The number of hydrogen-bond acceptors (Lipinski definition) is 5. The van der Waals surface area contributed by atoms with Gasteiger partial charge < -0.3 is 9.94 Å². The summed E-state index contributed by atoms with van der Waals surface area (Å²) in [4.78, 5) is 26.7. The van der Waals surface area contributed by atoms with Crippen LogP contribution in [-0.2, 0) is 9.63 Å². The summed E-state index contributed by atoms with van der Waals surface area (Å²) in [5.74, 6) is -0.895. The maximum Gasteiger partial charge on any atom is 0.335 e. The lowest BCUT2D eigenvalue weighted by atomic mass is 10.1. The van der Waals surface area contributed by atoms with Crippen LogP contribution in [0.2, 0.25) is 0 Å². The summed E-state index contributed by atoms with van der Waals surface area (Å²) in [6, 6.07) is 6.04. The fourth-order valence-corrected chi connectivity index (χ4v) is 1.71. The van der Waals surface area contributed by atoms with Crippen LogP contribution in [0.1, 0.15) is 42.5 Å². The molecule has 0 saturated heterocycles. The van der Waals surface area contributed by atoms with Gasteiger partial charge in [0.05, 0.1) is 11.3 Å². The molecule has 1 rings (SSSR count). The Kier molecular flexibility index (Phi) is 8.18. The number of allylic oxidation sites excluding steroid dienone is 1. The van der Waals surface area contributed by atoms with Gasteiger partial charge in [-0.1, -0.05) is 13.0 Å². The lowest BCUT2D eigenvalue weighted by molar-refractivity contribution is -0.114. The molecule has 6 nitrogen and oxygen atoms in total. The molecular formula is C16H20N2O4. The molecule has 6 heteroatoms. The van der Waals surface area contributed by atoms with Crippen LogP contribution in [0.5, 0.6) is 0 Å². The Morgan fingerprint density at radius 1 is 1.14 bits per heavy atom. The quantitative estimate of drug-likeness (QED) is 0.288. The van der Waals surface area contributed by atoms with E-state index in [0.717, 1.165) is 25.7 Å². The Bertz CT molecular complexity index is 523. The zero-order valence-electron chi connectivity index (χ0n) is 12.4. The monoisotopic (exact) mass is 304 g/mol. The van der Waals surface area contributed by atoms with E-state index in [4.69, 9.17) is 9.94 Å². The van der Waals surface area contributed by atoms with Crippen LogP contribution in [0.25, 0.3) is 0 Å². The van der Waals surface area contributed by atoms with Crippen molar-refractivity contribution in [2.45, 2.75) is 32.1 Å². The first-order valence-corrected chi connectivity index (χ1v) is 7.15. The van der Waals surface area contributed by atoms with Gasteiger partial charge in [0, 0.05) is 11.7 Å². The van der Waals surface area contributed by atoms with Crippen molar-refractivity contribution in [3.8, 4) is 0 Å². The molecule has 0 fully saturated rings. The molecule has 0 unspecified atom stereocenters. The molecule has 22 heavy (non-hydrogen) atoms. The third-order valence-electron chi connectivity index (χ3n) is 2.96. The van der Waals surface area contributed by atoms with Crippen molar-refractivity contribution in [3.05, 3.63) is 42.5 Å². The second-order valence-electron chi connectivity index (χ2n) is 4.70. The van der Waals surface area contributed by atoms with E-state index in [1.54, 1.807) is 12.1 Å². The smallest absolute Gasteiger partial charge is 0.335 e. The molecule has 0 heterocycles. The molecule has 0 atom stereocenters. The molecule has 0 amide bonds. The number of carbonyl (C=O) groups is 2. The molecular weight excluding hydrogens is 284 g/mol. The molecule has 1 aromatic rings. The molecule has 0 spiro atoms. The summed E-state index contributed by atoms with van der Waals surface area (Å²) in [5, 5.41) is 16.2. The SMILES string of the molecule is C=CC(=O)CCCCCCON=Nc1ccc(C(=O)O)cc1. The largest absolute Gasteiger partial charge is 0.478 e. The Morgan fingerprint density at radius 3 is 2.45 bits per heavy atom. The standard InChI is InChI=1S/C16H20N2O4/c1-2-15(19)7-5-3-4-6-12-22-18-17-14-10-8-13(9-11-14)16(20)21/h2,8-11H,1,3-7,12H2,(H,20,21). The molecule has 0 aliphatic heterocycles. The van der Waals surface area contributed by atoms with Crippen molar-refractivity contribution in [2.75, 3.05) is 6.61 Å². The van der Waals surface area contributed by atoms with E-state index in [0.29, 0.717) is 18.7 Å². The number of carboxylic acids is 1. The number of nitrogens with zero attached hydrogens (tertiary/aromatic N) is 2. The van der Waals surface area contributed by atoms with Crippen LogP contribution in [0, 0.1) is 0 Å². The Labute approximate surface area is 129 Å². The second kappa shape index (κ2) is 10.3. The minimum Gasteiger partial charge on any atom is -0.478 e. The fourth-order valence-electron chi connectivity index (χ4n) is 1.71. The lowest BCUT2D eigenvalue weighted by Gasteiger charge is -1.99. The molecule has 118 valence electrons. The summed E-state index contributed by atoms with van der Waals surface area (Å²) in [7, 11) is 0. The minimum atomic E-state index is -0.977. The van der Waals surface area contributed by atoms with Gasteiger partial charge >= 0.3 is 5.97 Å². The first kappa shape index (κ1) is 17.6. The molecule has 0 bridgehead atoms. The average Bonchev–Trinajstić information content (AvgIpc) is 2.53. The summed E-state index contributed by atoms with van der Waals surface area (Å²) in [6.45, 7) is 3.89. The Hall–Kier alpha value is -2.50. The molecule has 0 saturated carbocycles. The van der Waals surface area contributed by atoms with Crippen LogP contribution < -0.4 is 0 Å². The number of unbranched alkanes of at least 4 members (excludes halogenated alkanes) is 3. The fraction of sp³-hybridized carbons (Fsp3) is 0.375. The zero-order chi connectivity index (χ0) is 16.2. The molecule has 1 N–H and O–H groups in total. The summed E-state index contributed by atoms with van der Waals surface area (Å²) < 4.78 is 0. The maximum absolute atomic E-state index is 11.0. The topological polar surface area (TPSA) is 88.3 Å². The van der Waals surface area contributed by atoms with E-state index in [1.807, 2.05) is 0 Å².